The predicted molar refractivity (Wildman–Crippen MR) is 57.6 cm³/mol. The van der Waals surface area contributed by atoms with Gasteiger partial charge in [0, 0.05) is 6.54 Å². The molecule has 8 heteroatoms. The third-order valence-electron chi connectivity index (χ3n) is 2.26. The summed E-state index contributed by atoms with van der Waals surface area (Å²) in [5.41, 5.74) is -1.00. The van der Waals surface area contributed by atoms with Crippen molar-refractivity contribution in [3.8, 4) is 0 Å². The fourth-order valence-corrected chi connectivity index (χ4v) is 1.56. The first-order valence-electron chi connectivity index (χ1n) is 4.87. The van der Waals surface area contributed by atoms with Crippen LogP contribution in [0.4, 0.5) is 0 Å². The normalized spacial score (nSPS) is 13.0. The summed E-state index contributed by atoms with van der Waals surface area (Å²) in [7, 11) is -3.94. The van der Waals surface area contributed by atoms with E-state index in [0.717, 1.165) is 0 Å². The molecule has 0 radical (unpaired) electrons. The second-order valence-corrected chi connectivity index (χ2v) is 5.36. The molecule has 16 heavy (non-hydrogen) atoms. The van der Waals surface area contributed by atoms with Crippen molar-refractivity contribution >= 4 is 10.1 Å². The third kappa shape index (κ3) is 6.36. The van der Waals surface area contributed by atoms with Crippen LogP contribution in [0.5, 0.6) is 0 Å². The van der Waals surface area contributed by atoms with Crippen molar-refractivity contribution in [3.63, 3.8) is 0 Å². The monoisotopic (exact) mass is 257 g/mol. The summed E-state index contributed by atoms with van der Waals surface area (Å²) < 4.78 is 29.2. The Morgan fingerprint density at radius 3 is 1.94 bits per heavy atom. The second-order valence-electron chi connectivity index (χ2n) is 3.79. The van der Waals surface area contributed by atoms with E-state index in [1.54, 1.807) is 0 Å². The van der Waals surface area contributed by atoms with Crippen LogP contribution in [0.25, 0.3) is 0 Å². The quantitative estimate of drug-likeness (QED) is 0.235. The maximum atomic E-state index is 10.4. The van der Waals surface area contributed by atoms with E-state index in [1.807, 2.05) is 0 Å². The fourth-order valence-electron chi connectivity index (χ4n) is 1.05. The van der Waals surface area contributed by atoms with Crippen molar-refractivity contribution in [1.29, 1.82) is 0 Å². The van der Waals surface area contributed by atoms with Gasteiger partial charge in [-0.2, -0.15) is 8.42 Å². The minimum absolute atomic E-state index is 0.169. The standard InChI is InChI=1S/C8H19NO6S/c10-5-8(6-11,7-12)4-9-2-1-3-16(13,14)15/h9-12H,1-7H2,(H,13,14,15). The van der Waals surface area contributed by atoms with Crippen LogP contribution < -0.4 is 5.32 Å². The van der Waals surface area contributed by atoms with Gasteiger partial charge in [0.05, 0.1) is 31.0 Å². The van der Waals surface area contributed by atoms with Crippen LogP contribution in [0.15, 0.2) is 0 Å². The number of hydrogen-bond acceptors (Lipinski definition) is 6. The predicted octanol–water partition coefficient (Wildman–Crippen LogP) is -2.18. The smallest absolute Gasteiger partial charge is 0.264 e. The second kappa shape index (κ2) is 7.15. The number of nitrogens with one attached hydrogen (secondary N) is 1. The lowest BCUT2D eigenvalue weighted by molar-refractivity contribution is 0.00658. The number of hydrogen-bond donors (Lipinski definition) is 5. The van der Waals surface area contributed by atoms with Gasteiger partial charge in [0.15, 0.2) is 0 Å². The summed E-state index contributed by atoms with van der Waals surface area (Å²) in [5, 5.41) is 29.7. The Bertz CT molecular complexity index is 266. The van der Waals surface area contributed by atoms with E-state index in [4.69, 9.17) is 19.9 Å². The molecular formula is C8H19NO6S. The molecule has 7 nitrogen and oxygen atoms in total. The first-order valence-corrected chi connectivity index (χ1v) is 6.48. The molecule has 0 aromatic heterocycles. The van der Waals surface area contributed by atoms with Crippen LogP contribution in [0.3, 0.4) is 0 Å². The minimum atomic E-state index is -3.94. The molecule has 0 fully saturated rings. The zero-order chi connectivity index (χ0) is 12.7. The fraction of sp³-hybridized carbons (Fsp3) is 1.00. The van der Waals surface area contributed by atoms with Gasteiger partial charge in [-0.05, 0) is 13.0 Å². The molecule has 0 saturated carbocycles. The van der Waals surface area contributed by atoms with Crippen molar-refractivity contribution in [2.45, 2.75) is 6.42 Å². The third-order valence-corrected chi connectivity index (χ3v) is 3.07. The largest absolute Gasteiger partial charge is 0.396 e. The van der Waals surface area contributed by atoms with Gasteiger partial charge < -0.3 is 20.6 Å². The molecule has 0 unspecified atom stereocenters. The van der Waals surface area contributed by atoms with E-state index in [9.17, 15) is 8.42 Å². The van der Waals surface area contributed by atoms with Crippen molar-refractivity contribution in [2.24, 2.45) is 5.41 Å². The Morgan fingerprint density at radius 2 is 1.56 bits per heavy atom. The van der Waals surface area contributed by atoms with E-state index in [1.165, 1.54) is 0 Å². The maximum absolute atomic E-state index is 10.4. The van der Waals surface area contributed by atoms with Gasteiger partial charge in [-0.1, -0.05) is 0 Å². The van der Waals surface area contributed by atoms with Gasteiger partial charge >= 0.3 is 0 Å². The Labute approximate surface area is 94.9 Å². The van der Waals surface area contributed by atoms with Crippen molar-refractivity contribution in [3.05, 3.63) is 0 Å². The first kappa shape index (κ1) is 15.8. The van der Waals surface area contributed by atoms with Crippen LogP contribution in [0.2, 0.25) is 0 Å². The summed E-state index contributed by atoms with van der Waals surface area (Å²) in [5.74, 6) is -0.343. The van der Waals surface area contributed by atoms with Crippen LogP contribution in [-0.4, -0.2) is 67.0 Å². The van der Waals surface area contributed by atoms with E-state index in [2.05, 4.69) is 5.32 Å². The highest BCUT2D eigenvalue weighted by molar-refractivity contribution is 7.85. The van der Waals surface area contributed by atoms with E-state index in [-0.39, 0.29) is 38.5 Å². The molecule has 0 aromatic carbocycles. The number of aliphatic hydroxyl groups is 3. The van der Waals surface area contributed by atoms with E-state index in [0.29, 0.717) is 6.54 Å². The topological polar surface area (TPSA) is 127 Å². The first-order chi connectivity index (χ1) is 7.39. The summed E-state index contributed by atoms with van der Waals surface area (Å²) in [6.45, 7) is -0.634. The molecule has 0 heterocycles. The lowest BCUT2D eigenvalue weighted by Crippen LogP contribution is -2.43. The van der Waals surface area contributed by atoms with Crippen LogP contribution >= 0.6 is 0 Å². The molecule has 0 rings (SSSR count). The molecule has 5 N–H and O–H groups in total. The number of rotatable bonds is 9. The Balaban J connectivity index is 3.80. The molecule has 0 aliphatic rings. The molecule has 0 aliphatic carbocycles. The van der Waals surface area contributed by atoms with E-state index >= 15 is 0 Å². The van der Waals surface area contributed by atoms with Crippen molar-refractivity contribution in [2.75, 3.05) is 38.7 Å². The van der Waals surface area contributed by atoms with Crippen molar-refractivity contribution in [1.82, 2.24) is 5.32 Å². The summed E-state index contributed by atoms with van der Waals surface area (Å²) in [6, 6.07) is 0. The Hall–Kier alpha value is -0.250. The number of aliphatic hydroxyl groups excluding tert-OH is 3. The highest BCUT2D eigenvalue weighted by Crippen LogP contribution is 2.12. The van der Waals surface area contributed by atoms with Gasteiger partial charge in [0.25, 0.3) is 10.1 Å². The van der Waals surface area contributed by atoms with Gasteiger partial charge in [-0.15, -0.1) is 0 Å². The molecule has 0 aromatic rings. The molecular weight excluding hydrogens is 238 g/mol. The molecule has 98 valence electrons. The highest BCUT2D eigenvalue weighted by atomic mass is 32.2. The van der Waals surface area contributed by atoms with Gasteiger partial charge in [-0.25, -0.2) is 0 Å². The molecule has 0 amide bonds. The van der Waals surface area contributed by atoms with Crippen molar-refractivity contribution < 1.29 is 28.3 Å². The lowest BCUT2D eigenvalue weighted by atomic mass is 9.91. The SMILES string of the molecule is O=S(=O)(O)CCCNCC(CO)(CO)CO. The summed E-state index contributed by atoms with van der Waals surface area (Å²) >= 11 is 0. The van der Waals surface area contributed by atoms with Crippen LogP contribution in [0, 0.1) is 5.41 Å². The summed E-state index contributed by atoms with van der Waals surface area (Å²) in [4.78, 5) is 0. The highest BCUT2D eigenvalue weighted by Gasteiger charge is 2.27. The Morgan fingerprint density at radius 1 is 1.06 bits per heavy atom. The molecule has 0 aliphatic heterocycles. The minimum Gasteiger partial charge on any atom is -0.396 e. The average Bonchev–Trinajstić information content (AvgIpc) is 2.23. The molecule has 0 atom stereocenters. The summed E-state index contributed by atoms with van der Waals surface area (Å²) in [6.07, 6.45) is 0.219. The zero-order valence-electron chi connectivity index (χ0n) is 8.96. The van der Waals surface area contributed by atoms with Gasteiger partial charge in [0.1, 0.15) is 0 Å². The van der Waals surface area contributed by atoms with Crippen LogP contribution in [0.1, 0.15) is 6.42 Å². The van der Waals surface area contributed by atoms with Gasteiger partial charge in [0.2, 0.25) is 0 Å². The zero-order valence-corrected chi connectivity index (χ0v) is 9.78. The van der Waals surface area contributed by atoms with E-state index < -0.39 is 15.5 Å². The average molecular weight is 257 g/mol. The van der Waals surface area contributed by atoms with Gasteiger partial charge in [-0.3, -0.25) is 4.55 Å². The Kier molecular flexibility index (Phi) is 7.04. The van der Waals surface area contributed by atoms with Crippen LogP contribution in [-0.2, 0) is 10.1 Å². The lowest BCUT2D eigenvalue weighted by Gasteiger charge is -2.27. The molecule has 0 saturated heterocycles. The molecule has 0 bridgehead atoms. The molecule has 0 spiro atoms. The maximum Gasteiger partial charge on any atom is 0.264 e.